The van der Waals surface area contributed by atoms with Crippen molar-refractivity contribution in [1.82, 2.24) is 10.2 Å². The van der Waals surface area contributed by atoms with Crippen molar-refractivity contribution in [2.45, 2.75) is 31.8 Å². The molecule has 1 aliphatic heterocycles. The fraction of sp³-hybridized carbons (Fsp3) is 0.480. The van der Waals surface area contributed by atoms with Crippen LogP contribution >= 0.6 is 0 Å². The van der Waals surface area contributed by atoms with E-state index in [1.807, 2.05) is 54.6 Å². The van der Waals surface area contributed by atoms with Gasteiger partial charge in [0.2, 0.25) is 5.91 Å². The highest BCUT2D eigenvalue weighted by Crippen LogP contribution is 2.27. The summed E-state index contributed by atoms with van der Waals surface area (Å²) in [5.74, 6) is 1.70. The number of nitrogens with one attached hydrogen (secondary N) is 1. The standard InChI is InChI=1S/C25H34N2O4/c1-21-9-11-23(12-10-21)31-20-25(29-2)13-6-16-27(17-14-25)19-24(28)26-15-18-30-22-7-4-3-5-8-22/h3-5,7-12H,6,13-20H2,1-2H3,(H,26,28)/t25-/m1/s1. The summed E-state index contributed by atoms with van der Waals surface area (Å²) in [6.07, 6.45) is 2.72. The van der Waals surface area contributed by atoms with Crippen LogP contribution in [0.2, 0.25) is 0 Å². The Labute approximate surface area is 185 Å². The van der Waals surface area contributed by atoms with Crippen LogP contribution in [0.5, 0.6) is 11.5 Å². The van der Waals surface area contributed by atoms with Crippen molar-refractivity contribution in [3.8, 4) is 11.5 Å². The van der Waals surface area contributed by atoms with E-state index in [9.17, 15) is 4.79 Å². The maximum absolute atomic E-state index is 12.3. The van der Waals surface area contributed by atoms with Crippen LogP contribution in [0.15, 0.2) is 54.6 Å². The Morgan fingerprint density at radius 3 is 2.48 bits per heavy atom. The lowest BCUT2D eigenvalue weighted by molar-refractivity contribution is -0.122. The first-order valence-electron chi connectivity index (χ1n) is 11.0. The van der Waals surface area contributed by atoms with Gasteiger partial charge in [-0.3, -0.25) is 9.69 Å². The second-order valence-corrected chi connectivity index (χ2v) is 8.13. The van der Waals surface area contributed by atoms with Gasteiger partial charge in [-0.2, -0.15) is 0 Å². The summed E-state index contributed by atoms with van der Waals surface area (Å²) in [4.78, 5) is 14.5. The highest BCUT2D eigenvalue weighted by atomic mass is 16.5. The van der Waals surface area contributed by atoms with E-state index >= 15 is 0 Å². The number of para-hydroxylation sites is 1. The number of carbonyl (C=O) groups is 1. The number of likely N-dealkylation sites (tertiary alicyclic amines) is 1. The number of methoxy groups -OCH3 is 1. The number of benzene rings is 2. The third kappa shape index (κ3) is 7.56. The minimum Gasteiger partial charge on any atom is -0.492 e. The predicted molar refractivity (Wildman–Crippen MR) is 122 cm³/mol. The molecule has 1 saturated heterocycles. The zero-order valence-electron chi connectivity index (χ0n) is 18.6. The van der Waals surface area contributed by atoms with Gasteiger partial charge in [-0.1, -0.05) is 35.9 Å². The van der Waals surface area contributed by atoms with Gasteiger partial charge < -0.3 is 19.5 Å². The van der Waals surface area contributed by atoms with E-state index in [0.717, 1.165) is 43.9 Å². The maximum Gasteiger partial charge on any atom is 0.234 e. The largest absolute Gasteiger partial charge is 0.492 e. The van der Waals surface area contributed by atoms with Crippen molar-refractivity contribution in [1.29, 1.82) is 0 Å². The molecule has 0 unspecified atom stereocenters. The number of rotatable bonds is 10. The van der Waals surface area contributed by atoms with Gasteiger partial charge in [-0.05, 0) is 57.0 Å². The van der Waals surface area contributed by atoms with Crippen LogP contribution in [0.4, 0.5) is 0 Å². The summed E-state index contributed by atoms with van der Waals surface area (Å²) in [5.41, 5.74) is 0.892. The van der Waals surface area contributed by atoms with Crippen LogP contribution in [0.3, 0.4) is 0 Å². The van der Waals surface area contributed by atoms with E-state index in [4.69, 9.17) is 14.2 Å². The van der Waals surface area contributed by atoms with E-state index in [0.29, 0.717) is 26.3 Å². The lowest BCUT2D eigenvalue weighted by Crippen LogP contribution is -2.41. The van der Waals surface area contributed by atoms with Crippen molar-refractivity contribution in [3.05, 3.63) is 60.2 Å². The quantitative estimate of drug-likeness (QED) is 0.590. The minimum atomic E-state index is -0.320. The third-order valence-corrected chi connectivity index (χ3v) is 5.75. The van der Waals surface area contributed by atoms with E-state index < -0.39 is 0 Å². The van der Waals surface area contributed by atoms with Crippen molar-refractivity contribution < 1.29 is 19.0 Å². The zero-order chi connectivity index (χ0) is 21.9. The van der Waals surface area contributed by atoms with Crippen molar-refractivity contribution >= 4 is 5.91 Å². The van der Waals surface area contributed by atoms with Gasteiger partial charge in [-0.25, -0.2) is 0 Å². The fourth-order valence-electron chi connectivity index (χ4n) is 3.77. The second kappa shape index (κ2) is 11.7. The number of carbonyl (C=O) groups excluding carboxylic acids is 1. The van der Waals surface area contributed by atoms with Gasteiger partial charge in [0.15, 0.2) is 0 Å². The van der Waals surface area contributed by atoms with Gasteiger partial charge in [0.25, 0.3) is 0 Å². The molecule has 6 heteroatoms. The molecule has 3 rings (SSSR count). The molecule has 1 heterocycles. The zero-order valence-corrected chi connectivity index (χ0v) is 18.6. The number of aryl methyl sites for hydroxylation is 1. The van der Waals surface area contributed by atoms with Crippen molar-refractivity contribution in [2.24, 2.45) is 0 Å². The molecule has 1 atom stereocenters. The minimum absolute atomic E-state index is 0.0254. The van der Waals surface area contributed by atoms with Gasteiger partial charge in [-0.15, -0.1) is 0 Å². The fourth-order valence-corrected chi connectivity index (χ4v) is 3.77. The Morgan fingerprint density at radius 2 is 1.74 bits per heavy atom. The molecule has 0 saturated carbocycles. The first-order chi connectivity index (χ1) is 15.1. The van der Waals surface area contributed by atoms with Gasteiger partial charge in [0, 0.05) is 13.7 Å². The maximum atomic E-state index is 12.3. The van der Waals surface area contributed by atoms with Crippen molar-refractivity contribution in [3.63, 3.8) is 0 Å². The smallest absolute Gasteiger partial charge is 0.234 e. The Hall–Kier alpha value is -2.57. The molecular formula is C25H34N2O4. The van der Waals surface area contributed by atoms with E-state index in [1.165, 1.54) is 5.56 Å². The van der Waals surface area contributed by atoms with E-state index in [2.05, 4.69) is 17.1 Å². The molecule has 6 nitrogen and oxygen atoms in total. The molecule has 1 fully saturated rings. The number of nitrogens with zero attached hydrogens (tertiary/aromatic N) is 1. The summed E-state index contributed by atoms with van der Waals surface area (Å²) in [6.45, 7) is 5.61. The Morgan fingerprint density at radius 1 is 1.00 bits per heavy atom. The molecule has 0 spiro atoms. The third-order valence-electron chi connectivity index (χ3n) is 5.75. The molecule has 2 aromatic rings. The molecule has 1 amide bonds. The van der Waals surface area contributed by atoms with Crippen LogP contribution in [0, 0.1) is 6.92 Å². The normalized spacial score (nSPS) is 19.4. The molecule has 2 aromatic carbocycles. The first-order valence-corrected chi connectivity index (χ1v) is 11.0. The molecule has 0 radical (unpaired) electrons. The van der Waals surface area contributed by atoms with Crippen LogP contribution in [-0.2, 0) is 9.53 Å². The molecule has 31 heavy (non-hydrogen) atoms. The Balaban J connectivity index is 1.39. The lowest BCUT2D eigenvalue weighted by Gasteiger charge is -2.31. The molecule has 0 aliphatic carbocycles. The SMILES string of the molecule is CO[C@]1(COc2ccc(C)cc2)CCCN(CC(=O)NCCOc2ccccc2)CC1. The summed E-state index contributed by atoms with van der Waals surface area (Å²) in [6, 6.07) is 17.7. The predicted octanol–water partition coefficient (Wildman–Crippen LogP) is 3.44. The average Bonchev–Trinajstić information content (AvgIpc) is 3.00. The topological polar surface area (TPSA) is 60.0 Å². The average molecular weight is 427 g/mol. The van der Waals surface area contributed by atoms with Crippen LogP contribution in [0.25, 0.3) is 0 Å². The summed E-state index contributed by atoms with van der Waals surface area (Å²) < 4.78 is 17.6. The lowest BCUT2D eigenvalue weighted by atomic mass is 9.95. The number of hydrogen-bond acceptors (Lipinski definition) is 5. The Bertz CT molecular complexity index is 797. The van der Waals surface area contributed by atoms with Gasteiger partial charge >= 0.3 is 0 Å². The van der Waals surface area contributed by atoms with E-state index in [-0.39, 0.29) is 11.5 Å². The van der Waals surface area contributed by atoms with Crippen LogP contribution in [-0.4, -0.2) is 62.9 Å². The molecule has 1 N–H and O–H groups in total. The monoisotopic (exact) mass is 426 g/mol. The molecule has 0 aromatic heterocycles. The molecule has 0 bridgehead atoms. The highest BCUT2D eigenvalue weighted by Gasteiger charge is 2.34. The Kier molecular flexibility index (Phi) is 8.74. The summed E-state index contributed by atoms with van der Waals surface area (Å²) in [5, 5.41) is 2.94. The number of ether oxygens (including phenoxy) is 3. The van der Waals surface area contributed by atoms with Gasteiger partial charge in [0.1, 0.15) is 30.3 Å². The second-order valence-electron chi connectivity index (χ2n) is 8.13. The highest BCUT2D eigenvalue weighted by molar-refractivity contribution is 5.78. The molecule has 1 aliphatic rings. The van der Waals surface area contributed by atoms with Crippen molar-refractivity contribution in [2.75, 3.05) is 46.5 Å². The summed E-state index contributed by atoms with van der Waals surface area (Å²) in [7, 11) is 1.76. The van der Waals surface area contributed by atoms with Crippen LogP contribution < -0.4 is 14.8 Å². The van der Waals surface area contributed by atoms with Crippen LogP contribution in [0.1, 0.15) is 24.8 Å². The first kappa shape index (κ1) is 23.1. The molecular weight excluding hydrogens is 392 g/mol. The number of hydrogen-bond donors (Lipinski definition) is 1. The van der Waals surface area contributed by atoms with Gasteiger partial charge in [0.05, 0.1) is 13.1 Å². The molecule has 168 valence electrons. The summed E-state index contributed by atoms with van der Waals surface area (Å²) >= 11 is 0. The number of amides is 1. The van der Waals surface area contributed by atoms with E-state index in [1.54, 1.807) is 7.11 Å².